The molecule has 1 unspecified atom stereocenters. The normalized spacial score (nSPS) is 16.5. The van der Waals surface area contributed by atoms with Crippen LogP contribution >= 0.6 is 0 Å². The Labute approximate surface area is 154 Å². The van der Waals surface area contributed by atoms with E-state index in [0.717, 1.165) is 0 Å². The summed E-state index contributed by atoms with van der Waals surface area (Å²) in [5, 5.41) is 11.1. The molecule has 138 valence electrons. The number of nitrogens with one attached hydrogen (secondary N) is 1. The number of aromatic nitrogens is 6. The number of amides is 2. The second-order valence-electron chi connectivity index (χ2n) is 6.34. The minimum absolute atomic E-state index is 0.0904. The highest BCUT2D eigenvalue weighted by molar-refractivity contribution is 5.94. The van der Waals surface area contributed by atoms with Gasteiger partial charge in [0.15, 0.2) is 0 Å². The van der Waals surface area contributed by atoms with Crippen LogP contribution in [0.2, 0.25) is 0 Å². The van der Waals surface area contributed by atoms with Gasteiger partial charge < -0.3 is 10.2 Å². The van der Waals surface area contributed by atoms with E-state index in [1.165, 1.54) is 22.2 Å². The number of para-hydroxylation sites is 1. The SMILES string of the molecule is Cn1cnc(C(=O)N2Cc3ncnn3CC(C(=O)Nc3ccccc3)C2)n1. The molecule has 0 bridgehead atoms. The van der Waals surface area contributed by atoms with Crippen molar-refractivity contribution in [3.8, 4) is 0 Å². The standard InChI is InChI=1S/C17H18N8O2/c1-23-11-19-15(22-23)17(27)24-7-12(8-25-14(9-24)18-10-20-25)16(26)21-13-5-3-2-4-6-13/h2-6,10-12H,7-9H2,1H3,(H,21,26). The molecular formula is C17H18N8O2. The van der Waals surface area contributed by atoms with Gasteiger partial charge in [-0.1, -0.05) is 18.2 Å². The molecule has 0 radical (unpaired) electrons. The van der Waals surface area contributed by atoms with E-state index >= 15 is 0 Å². The summed E-state index contributed by atoms with van der Waals surface area (Å²) in [7, 11) is 1.69. The van der Waals surface area contributed by atoms with Crippen molar-refractivity contribution in [3.63, 3.8) is 0 Å². The number of anilines is 1. The van der Waals surface area contributed by atoms with Gasteiger partial charge >= 0.3 is 0 Å². The Balaban J connectivity index is 1.58. The molecule has 1 N–H and O–H groups in total. The average Bonchev–Trinajstić information content (AvgIpc) is 3.25. The van der Waals surface area contributed by atoms with Crippen LogP contribution in [0.4, 0.5) is 5.69 Å². The number of hydrogen-bond acceptors (Lipinski definition) is 6. The fourth-order valence-corrected chi connectivity index (χ4v) is 3.00. The van der Waals surface area contributed by atoms with Crippen molar-refractivity contribution in [2.45, 2.75) is 13.1 Å². The summed E-state index contributed by atoms with van der Waals surface area (Å²) in [5.41, 5.74) is 0.704. The van der Waals surface area contributed by atoms with Crippen LogP contribution < -0.4 is 5.32 Å². The van der Waals surface area contributed by atoms with Crippen LogP contribution in [0.5, 0.6) is 0 Å². The molecule has 0 spiro atoms. The van der Waals surface area contributed by atoms with Crippen molar-refractivity contribution in [2.24, 2.45) is 13.0 Å². The molecule has 1 aliphatic heterocycles. The highest BCUT2D eigenvalue weighted by atomic mass is 16.2. The minimum Gasteiger partial charge on any atom is -0.327 e. The van der Waals surface area contributed by atoms with Gasteiger partial charge in [-0.05, 0) is 12.1 Å². The van der Waals surface area contributed by atoms with Gasteiger partial charge in [-0.3, -0.25) is 14.3 Å². The van der Waals surface area contributed by atoms with Crippen molar-refractivity contribution >= 4 is 17.5 Å². The summed E-state index contributed by atoms with van der Waals surface area (Å²) < 4.78 is 3.13. The zero-order valence-electron chi connectivity index (χ0n) is 14.7. The number of fused-ring (bicyclic) bond motifs is 1. The molecule has 2 amide bonds. The van der Waals surface area contributed by atoms with Gasteiger partial charge in [0.1, 0.15) is 18.5 Å². The second-order valence-corrected chi connectivity index (χ2v) is 6.34. The molecule has 0 aliphatic carbocycles. The average molecular weight is 366 g/mol. The Morgan fingerprint density at radius 1 is 1.15 bits per heavy atom. The summed E-state index contributed by atoms with van der Waals surface area (Å²) in [6, 6.07) is 9.21. The van der Waals surface area contributed by atoms with Gasteiger partial charge in [0.05, 0.1) is 19.0 Å². The minimum atomic E-state index is -0.485. The number of aryl methyl sites for hydroxylation is 1. The van der Waals surface area contributed by atoms with Crippen LogP contribution in [-0.4, -0.2) is 52.8 Å². The first-order chi connectivity index (χ1) is 13.1. The number of carbonyl (C=O) groups is 2. The third-order valence-corrected chi connectivity index (χ3v) is 4.35. The fraction of sp³-hybridized carbons (Fsp3) is 0.294. The third-order valence-electron chi connectivity index (χ3n) is 4.35. The van der Waals surface area contributed by atoms with Gasteiger partial charge in [-0.15, -0.1) is 5.10 Å². The molecule has 0 saturated carbocycles. The molecule has 3 heterocycles. The first kappa shape index (κ1) is 16.9. The van der Waals surface area contributed by atoms with Gasteiger partial charge in [0.25, 0.3) is 5.91 Å². The van der Waals surface area contributed by atoms with Crippen molar-refractivity contribution < 1.29 is 9.59 Å². The smallest absolute Gasteiger partial charge is 0.293 e. The molecule has 2 aromatic heterocycles. The predicted octanol–water partition coefficient (Wildman–Crippen LogP) is 0.317. The summed E-state index contributed by atoms with van der Waals surface area (Å²) >= 11 is 0. The Bertz CT molecular complexity index is 964. The van der Waals surface area contributed by atoms with Crippen LogP contribution in [-0.2, 0) is 24.9 Å². The Morgan fingerprint density at radius 2 is 1.96 bits per heavy atom. The summed E-state index contributed by atoms with van der Waals surface area (Å²) in [4.78, 5) is 35.4. The van der Waals surface area contributed by atoms with E-state index in [1.54, 1.807) is 11.7 Å². The van der Waals surface area contributed by atoms with Crippen molar-refractivity contribution in [2.75, 3.05) is 11.9 Å². The quantitative estimate of drug-likeness (QED) is 0.715. The zero-order valence-corrected chi connectivity index (χ0v) is 14.7. The van der Waals surface area contributed by atoms with Gasteiger partial charge in [0.2, 0.25) is 11.7 Å². The number of nitrogens with zero attached hydrogens (tertiary/aromatic N) is 7. The molecule has 0 saturated heterocycles. The van der Waals surface area contributed by atoms with Crippen molar-refractivity contribution in [3.05, 3.63) is 54.6 Å². The summed E-state index contributed by atoms with van der Waals surface area (Å²) in [6.07, 6.45) is 2.89. The molecule has 27 heavy (non-hydrogen) atoms. The van der Waals surface area contributed by atoms with Gasteiger partial charge in [0, 0.05) is 19.3 Å². The Kier molecular flexibility index (Phi) is 4.37. The molecule has 1 aromatic carbocycles. The third kappa shape index (κ3) is 3.54. The number of rotatable bonds is 3. The van der Waals surface area contributed by atoms with Crippen molar-refractivity contribution in [1.29, 1.82) is 0 Å². The Hall–Kier alpha value is -3.56. The lowest BCUT2D eigenvalue weighted by atomic mass is 10.1. The maximum absolute atomic E-state index is 12.8. The molecule has 1 aliphatic rings. The van der Waals surface area contributed by atoms with E-state index in [9.17, 15) is 9.59 Å². The van der Waals surface area contributed by atoms with Crippen molar-refractivity contribution in [1.82, 2.24) is 34.4 Å². The largest absolute Gasteiger partial charge is 0.327 e. The first-order valence-electron chi connectivity index (χ1n) is 8.47. The monoisotopic (exact) mass is 366 g/mol. The summed E-state index contributed by atoms with van der Waals surface area (Å²) in [5.74, 6) is -0.302. The molecule has 1 atom stereocenters. The van der Waals surface area contributed by atoms with Crippen LogP contribution in [0.25, 0.3) is 0 Å². The molecule has 0 fully saturated rings. The highest BCUT2D eigenvalue weighted by Gasteiger charge is 2.32. The van der Waals surface area contributed by atoms with E-state index in [-0.39, 0.29) is 30.7 Å². The predicted molar refractivity (Wildman–Crippen MR) is 94.3 cm³/mol. The maximum Gasteiger partial charge on any atom is 0.293 e. The van der Waals surface area contributed by atoms with Crippen LogP contribution in [0.3, 0.4) is 0 Å². The molecule has 10 nitrogen and oxygen atoms in total. The van der Waals surface area contributed by atoms with Crippen LogP contribution in [0.1, 0.15) is 16.4 Å². The van der Waals surface area contributed by atoms with E-state index in [4.69, 9.17) is 0 Å². The Morgan fingerprint density at radius 3 is 2.70 bits per heavy atom. The van der Waals surface area contributed by atoms with Crippen LogP contribution in [0.15, 0.2) is 43.0 Å². The lowest BCUT2D eigenvalue weighted by Crippen LogP contribution is -2.39. The van der Waals surface area contributed by atoms with Crippen LogP contribution in [0, 0.1) is 5.92 Å². The van der Waals surface area contributed by atoms with E-state index < -0.39 is 5.92 Å². The zero-order chi connectivity index (χ0) is 18.8. The summed E-state index contributed by atoms with van der Waals surface area (Å²) in [6.45, 7) is 0.806. The number of hydrogen-bond donors (Lipinski definition) is 1. The number of carbonyl (C=O) groups excluding carboxylic acids is 2. The first-order valence-corrected chi connectivity index (χ1v) is 8.47. The lowest BCUT2D eigenvalue weighted by molar-refractivity contribution is -0.120. The van der Waals surface area contributed by atoms with Gasteiger partial charge in [-0.25, -0.2) is 14.6 Å². The molecule has 10 heteroatoms. The van der Waals surface area contributed by atoms with E-state index in [0.29, 0.717) is 18.1 Å². The highest BCUT2D eigenvalue weighted by Crippen LogP contribution is 2.18. The lowest BCUT2D eigenvalue weighted by Gasteiger charge is -2.22. The van der Waals surface area contributed by atoms with E-state index in [2.05, 4.69) is 25.5 Å². The topological polar surface area (TPSA) is 111 Å². The molecule has 4 rings (SSSR count). The maximum atomic E-state index is 12.8. The second kappa shape index (κ2) is 6.98. The number of benzene rings is 1. The molecular weight excluding hydrogens is 348 g/mol. The van der Waals surface area contributed by atoms with E-state index in [1.807, 2.05) is 30.3 Å². The van der Waals surface area contributed by atoms with Gasteiger partial charge in [-0.2, -0.15) is 5.10 Å². The molecule has 3 aromatic rings. The fourth-order valence-electron chi connectivity index (χ4n) is 3.00.